The van der Waals surface area contributed by atoms with Gasteiger partial charge >= 0.3 is 0 Å². The van der Waals surface area contributed by atoms with Crippen molar-refractivity contribution in [3.8, 4) is 0 Å². The minimum absolute atomic E-state index is 0. The lowest BCUT2D eigenvalue weighted by atomic mass is 9.89. The van der Waals surface area contributed by atoms with E-state index in [1.165, 1.54) is 17.8 Å². The van der Waals surface area contributed by atoms with E-state index in [0.717, 1.165) is 6.54 Å². The van der Waals surface area contributed by atoms with Crippen molar-refractivity contribution >= 4 is 28.9 Å². The Hall–Kier alpha value is -0.320. The number of hydrogen-bond donors (Lipinski definition) is 1. The molecule has 0 aliphatic carbocycles. The molecule has 0 aromatic carbocycles. The van der Waals surface area contributed by atoms with Gasteiger partial charge in [0.2, 0.25) is 0 Å². The zero-order valence-corrected chi connectivity index (χ0v) is 10.1. The first-order valence-corrected chi connectivity index (χ1v) is 5.35. The molecule has 0 radical (unpaired) electrons. The average Bonchev–Trinajstić information content (AvgIpc) is 2.46. The smallest absolute Gasteiger partial charge is 0.180 e. The molecule has 0 unspecified atom stereocenters. The Morgan fingerprint density at radius 1 is 1.64 bits per heavy atom. The predicted octanol–water partition coefficient (Wildman–Crippen LogP) is 2.13. The predicted molar refractivity (Wildman–Crippen MR) is 62.9 cm³/mol. The molecule has 1 fully saturated rings. The standard InChI is InChI=1S/C9H15N3S.ClH/c1-9(2)3-4-12(9)6-7-5-11-8(10)13-7;/h5H,3-4,6H2,1-2H3,(H2,10,11);1H. The molecular formula is C9H16ClN3S. The Balaban J connectivity index is 0.000000980. The molecule has 1 aromatic heterocycles. The summed E-state index contributed by atoms with van der Waals surface area (Å²) in [7, 11) is 0. The molecule has 80 valence electrons. The van der Waals surface area contributed by atoms with Crippen molar-refractivity contribution in [3.05, 3.63) is 11.1 Å². The molecule has 3 nitrogen and oxygen atoms in total. The number of anilines is 1. The number of halogens is 1. The Morgan fingerprint density at radius 3 is 2.71 bits per heavy atom. The number of rotatable bonds is 2. The van der Waals surface area contributed by atoms with Gasteiger partial charge in [-0.15, -0.1) is 23.7 Å². The van der Waals surface area contributed by atoms with Gasteiger partial charge in [0, 0.05) is 29.7 Å². The molecule has 0 saturated carbocycles. The van der Waals surface area contributed by atoms with Gasteiger partial charge < -0.3 is 5.73 Å². The van der Waals surface area contributed by atoms with Crippen LogP contribution in [0.15, 0.2) is 6.20 Å². The fourth-order valence-corrected chi connectivity index (χ4v) is 2.29. The second-order valence-corrected chi connectivity index (χ2v) is 5.30. The SMILES string of the molecule is CC1(C)CCN1Cc1cnc(N)s1.Cl. The van der Waals surface area contributed by atoms with Crippen molar-refractivity contribution in [2.24, 2.45) is 0 Å². The lowest BCUT2D eigenvalue weighted by Crippen LogP contribution is -2.54. The topological polar surface area (TPSA) is 42.2 Å². The van der Waals surface area contributed by atoms with E-state index in [4.69, 9.17) is 5.73 Å². The monoisotopic (exact) mass is 233 g/mol. The highest BCUT2D eigenvalue weighted by molar-refractivity contribution is 7.15. The van der Waals surface area contributed by atoms with Crippen LogP contribution < -0.4 is 5.73 Å². The summed E-state index contributed by atoms with van der Waals surface area (Å²) in [4.78, 5) is 7.77. The molecule has 2 N–H and O–H groups in total. The Morgan fingerprint density at radius 2 is 2.36 bits per heavy atom. The van der Waals surface area contributed by atoms with E-state index < -0.39 is 0 Å². The van der Waals surface area contributed by atoms with Crippen LogP contribution in [0.5, 0.6) is 0 Å². The summed E-state index contributed by atoms with van der Waals surface area (Å²) in [5, 5.41) is 0.674. The van der Waals surface area contributed by atoms with Crippen molar-refractivity contribution in [3.63, 3.8) is 0 Å². The van der Waals surface area contributed by atoms with E-state index in [2.05, 4.69) is 23.7 Å². The first-order valence-electron chi connectivity index (χ1n) is 4.53. The second kappa shape index (κ2) is 4.04. The van der Waals surface area contributed by atoms with E-state index in [9.17, 15) is 0 Å². The third-order valence-electron chi connectivity index (χ3n) is 2.77. The number of hydrogen-bond acceptors (Lipinski definition) is 4. The molecule has 2 rings (SSSR count). The maximum atomic E-state index is 5.57. The molecule has 1 aliphatic rings. The van der Waals surface area contributed by atoms with Crippen LogP contribution in [0.25, 0.3) is 0 Å². The molecule has 2 heterocycles. The van der Waals surface area contributed by atoms with Crippen molar-refractivity contribution in [2.75, 3.05) is 12.3 Å². The van der Waals surface area contributed by atoms with E-state index >= 15 is 0 Å². The van der Waals surface area contributed by atoms with Gasteiger partial charge in [-0.25, -0.2) is 4.98 Å². The first kappa shape index (κ1) is 11.8. The molecule has 14 heavy (non-hydrogen) atoms. The summed E-state index contributed by atoms with van der Waals surface area (Å²) in [5.41, 5.74) is 5.94. The number of nitrogens with two attached hydrogens (primary N) is 1. The highest BCUT2D eigenvalue weighted by Gasteiger charge is 2.35. The summed E-state index contributed by atoms with van der Waals surface area (Å²) >= 11 is 1.59. The van der Waals surface area contributed by atoms with Gasteiger partial charge in [-0.3, -0.25) is 4.90 Å². The molecule has 1 aliphatic heterocycles. The Bertz CT molecular complexity index is 311. The third kappa shape index (κ3) is 2.19. The molecule has 1 aromatic rings. The largest absolute Gasteiger partial charge is 0.375 e. The van der Waals surface area contributed by atoms with Gasteiger partial charge in [0.25, 0.3) is 0 Å². The van der Waals surface area contributed by atoms with Crippen molar-refractivity contribution in [1.29, 1.82) is 0 Å². The van der Waals surface area contributed by atoms with Crippen LogP contribution in [0.3, 0.4) is 0 Å². The second-order valence-electron chi connectivity index (χ2n) is 4.15. The zero-order valence-electron chi connectivity index (χ0n) is 8.49. The van der Waals surface area contributed by atoms with E-state index in [1.807, 2.05) is 6.20 Å². The maximum Gasteiger partial charge on any atom is 0.180 e. The van der Waals surface area contributed by atoms with Crippen molar-refractivity contribution in [2.45, 2.75) is 32.4 Å². The van der Waals surface area contributed by atoms with Crippen LogP contribution in [0.4, 0.5) is 5.13 Å². The third-order valence-corrected chi connectivity index (χ3v) is 3.58. The maximum absolute atomic E-state index is 5.57. The van der Waals surface area contributed by atoms with Gasteiger partial charge in [0.05, 0.1) is 0 Å². The van der Waals surface area contributed by atoms with E-state index in [-0.39, 0.29) is 12.4 Å². The molecule has 0 spiro atoms. The van der Waals surface area contributed by atoms with Crippen molar-refractivity contribution < 1.29 is 0 Å². The number of nitrogens with zero attached hydrogens (tertiary/aromatic N) is 2. The number of thiazole rings is 1. The summed E-state index contributed by atoms with van der Waals surface area (Å²) in [5.74, 6) is 0. The van der Waals surface area contributed by atoms with Gasteiger partial charge in [-0.1, -0.05) is 0 Å². The minimum Gasteiger partial charge on any atom is -0.375 e. The average molecular weight is 234 g/mol. The molecular weight excluding hydrogens is 218 g/mol. The number of likely N-dealkylation sites (tertiary alicyclic amines) is 1. The normalized spacial score (nSPS) is 19.9. The molecule has 0 amide bonds. The van der Waals surface area contributed by atoms with Gasteiger partial charge in [-0.05, 0) is 20.3 Å². The highest BCUT2D eigenvalue weighted by Crippen LogP contribution is 2.32. The van der Waals surface area contributed by atoms with Crippen LogP contribution in [-0.4, -0.2) is 22.0 Å². The highest BCUT2D eigenvalue weighted by atomic mass is 35.5. The summed E-state index contributed by atoms with van der Waals surface area (Å²) < 4.78 is 0. The van der Waals surface area contributed by atoms with E-state index in [0.29, 0.717) is 10.7 Å². The quantitative estimate of drug-likeness (QED) is 0.851. The summed E-state index contributed by atoms with van der Waals surface area (Å²) in [6, 6.07) is 0. The van der Waals surface area contributed by atoms with Gasteiger partial charge in [0.1, 0.15) is 0 Å². The summed E-state index contributed by atoms with van der Waals surface area (Å²) in [6.45, 7) is 6.76. The fraction of sp³-hybridized carbons (Fsp3) is 0.667. The Kier molecular flexibility index (Phi) is 3.40. The molecule has 0 atom stereocenters. The lowest BCUT2D eigenvalue weighted by molar-refractivity contribution is 0.00882. The van der Waals surface area contributed by atoms with Crippen LogP contribution >= 0.6 is 23.7 Å². The summed E-state index contributed by atoms with van der Waals surface area (Å²) in [6.07, 6.45) is 3.18. The van der Waals surface area contributed by atoms with Gasteiger partial charge in [0.15, 0.2) is 5.13 Å². The molecule has 5 heteroatoms. The van der Waals surface area contributed by atoms with E-state index in [1.54, 1.807) is 11.3 Å². The fourth-order valence-electron chi connectivity index (χ4n) is 1.59. The minimum atomic E-state index is 0. The van der Waals surface area contributed by atoms with Crippen LogP contribution in [0.1, 0.15) is 25.1 Å². The van der Waals surface area contributed by atoms with Crippen LogP contribution in [-0.2, 0) is 6.54 Å². The molecule has 1 saturated heterocycles. The Labute approximate surface area is 94.7 Å². The van der Waals surface area contributed by atoms with Crippen LogP contribution in [0, 0.1) is 0 Å². The number of nitrogen functional groups attached to an aromatic ring is 1. The number of aromatic nitrogens is 1. The lowest BCUT2D eigenvalue weighted by Gasteiger charge is -2.48. The van der Waals surface area contributed by atoms with Crippen molar-refractivity contribution in [1.82, 2.24) is 9.88 Å². The zero-order chi connectivity index (χ0) is 9.47. The van der Waals surface area contributed by atoms with Gasteiger partial charge in [-0.2, -0.15) is 0 Å². The molecule has 0 bridgehead atoms. The first-order chi connectivity index (χ1) is 6.08. The van der Waals surface area contributed by atoms with Crippen LogP contribution in [0.2, 0.25) is 0 Å².